The Morgan fingerprint density at radius 2 is 2.00 bits per heavy atom. The maximum atomic E-state index is 11.9. The second-order valence-electron chi connectivity index (χ2n) is 4.40. The van der Waals surface area contributed by atoms with Crippen molar-refractivity contribution in [3.8, 4) is 5.75 Å². The second kappa shape index (κ2) is 6.98. The van der Waals surface area contributed by atoms with Gasteiger partial charge < -0.3 is 21.5 Å². The normalized spacial score (nSPS) is 12.2. The van der Waals surface area contributed by atoms with Gasteiger partial charge in [0.05, 0.1) is 6.04 Å². The molecule has 0 aliphatic carbocycles. The first-order valence-electron chi connectivity index (χ1n) is 6.03. The predicted molar refractivity (Wildman–Crippen MR) is 70.8 cm³/mol. The van der Waals surface area contributed by atoms with Crippen LogP contribution in [0.15, 0.2) is 24.3 Å². The third-order valence-electron chi connectivity index (χ3n) is 2.77. The third-order valence-corrected chi connectivity index (χ3v) is 2.77. The number of hydrogen-bond acceptors (Lipinski definition) is 4. The Hall–Kier alpha value is -1.59. The lowest BCUT2D eigenvalue weighted by Gasteiger charge is -2.21. The molecule has 0 saturated carbocycles. The van der Waals surface area contributed by atoms with E-state index in [0.29, 0.717) is 19.5 Å². The largest absolute Gasteiger partial charge is 0.508 e. The topological polar surface area (TPSA) is 92.6 Å². The van der Waals surface area contributed by atoms with Crippen LogP contribution >= 0.6 is 0 Å². The molecule has 1 atom stereocenters. The molecule has 0 aromatic heterocycles. The number of hydrogen-bond donors (Lipinski definition) is 3. The van der Waals surface area contributed by atoms with Gasteiger partial charge in [-0.2, -0.15) is 0 Å². The first-order valence-corrected chi connectivity index (χ1v) is 6.03. The number of carbonyl (C=O) groups is 1. The number of rotatable bonds is 6. The zero-order chi connectivity index (χ0) is 13.5. The van der Waals surface area contributed by atoms with Gasteiger partial charge >= 0.3 is 0 Å². The number of amides is 1. The summed E-state index contributed by atoms with van der Waals surface area (Å²) in [5.74, 6) is 0.129. The van der Waals surface area contributed by atoms with E-state index in [-0.39, 0.29) is 11.7 Å². The number of carbonyl (C=O) groups excluding carboxylic acids is 1. The summed E-state index contributed by atoms with van der Waals surface area (Å²) >= 11 is 0. The summed E-state index contributed by atoms with van der Waals surface area (Å²) in [6, 6.07) is 6.27. The van der Waals surface area contributed by atoms with E-state index < -0.39 is 6.04 Å². The van der Waals surface area contributed by atoms with Gasteiger partial charge in [-0.15, -0.1) is 0 Å². The van der Waals surface area contributed by atoms with Crippen molar-refractivity contribution in [1.29, 1.82) is 0 Å². The van der Waals surface area contributed by atoms with Crippen LogP contribution in [-0.4, -0.2) is 35.5 Å². The lowest BCUT2D eigenvalue weighted by Crippen LogP contribution is -2.41. The van der Waals surface area contributed by atoms with Crippen LogP contribution in [0.1, 0.15) is 18.4 Å². The number of nitrogens with two attached hydrogens (primary N) is 2. The average Bonchev–Trinajstić information content (AvgIpc) is 2.37. The van der Waals surface area contributed by atoms with Crippen molar-refractivity contribution in [2.75, 3.05) is 13.6 Å². The summed E-state index contributed by atoms with van der Waals surface area (Å²) in [5.41, 5.74) is 12.1. The van der Waals surface area contributed by atoms with Gasteiger partial charge in [0.25, 0.3) is 0 Å². The molecule has 0 radical (unpaired) electrons. The molecule has 1 aromatic rings. The number of benzene rings is 1. The SMILES string of the molecule is CN(Cc1ccc(O)cc1)C(=O)C(N)CCCN. The van der Waals surface area contributed by atoms with Gasteiger partial charge in [0.15, 0.2) is 0 Å². The molecule has 1 unspecified atom stereocenters. The van der Waals surface area contributed by atoms with E-state index in [0.717, 1.165) is 12.0 Å². The highest BCUT2D eigenvalue weighted by atomic mass is 16.3. The van der Waals surface area contributed by atoms with Crippen molar-refractivity contribution in [3.05, 3.63) is 29.8 Å². The lowest BCUT2D eigenvalue weighted by atomic mass is 10.1. The molecule has 0 heterocycles. The maximum Gasteiger partial charge on any atom is 0.239 e. The van der Waals surface area contributed by atoms with E-state index in [1.165, 1.54) is 0 Å². The Morgan fingerprint density at radius 1 is 1.39 bits per heavy atom. The van der Waals surface area contributed by atoms with Crippen molar-refractivity contribution in [2.24, 2.45) is 11.5 Å². The molecular formula is C13H21N3O2. The highest BCUT2D eigenvalue weighted by molar-refractivity contribution is 5.81. The van der Waals surface area contributed by atoms with E-state index in [1.807, 2.05) is 0 Å². The van der Waals surface area contributed by atoms with Crippen molar-refractivity contribution < 1.29 is 9.90 Å². The minimum absolute atomic E-state index is 0.0866. The molecular weight excluding hydrogens is 230 g/mol. The van der Waals surface area contributed by atoms with Crippen LogP contribution in [0.3, 0.4) is 0 Å². The van der Waals surface area contributed by atoms with Gasteiger partial charge in [-0.3, -0.25) is 4.79 Å². The van der Waals surface area contributed by atoms with E-state index in [9.17, 15) is 9.90 Å². The number of phenols is 1. The predicted octanol–water partition coefficient (Wildman–Crippen LogP) is 0.417. The van der Waals surface area contributed by atoms with Crippen LogP contribution in [-0.2, 0) is 11.3 Å². The third kappa shape index (κ3) is 4.35. The van der Waals surface area contributed by atoms with E-state index in [4.69, 9.17) is 11.5 Å². The first-order chi connectivity index (χ1) is 8.54. The fourth-order valence-corrected chi connectivity index (χ4v) is 1.70. The quantitative estimate of drug-likeness (QED) is 0.683. The molecule has 5 nitrogen and oxygen atoms in total. The Balaban J connectivity index is 2.51. The molecule has 1 amide bonds. The van der Waals surface area contributed by atoms with Gasteiger partial charge in [0.1, 0.15) is 5.75 Å². The minimum atomic E-state index is -0.490. The Kier molecular flexibility index (Phi) is 5.61. The zero-order valence-electron chi connectivity index (χ0n) is 10.7. The Bertz CT molecular complexity index is 378. The van der Waals surface area contributed by atoms with Crippen molar-refractivity contribution >= 4 is 5.91 Å². The molecule has 0 aliphatic heterocycles. The van der Waals surface area contributed by atoms with Crippen molar-refractivity contribution in [3.63, 3.8) is 0 Å². The van der Waals surface area contributed by atoms with Crippen LogP contribution in [0.25, 0.3) is 0 Å². The molecule has 0 saturated heterocycles. The van der Waals surface area contributed by atoms with Gasteiger partial charge in [-0.05, 0) is 37.1 Å². The molecule has 1 aromatic carbocycles. The van der Waals surface area contributed by atoms with Crippen LogP contribution in [0, 0.1) is 0 Å². The van der Waals surface area contributed by atoms with Gasteiger partial charge in [-0.25, -0.2) is 0 Å². The van der Waals surface area contributed by atoms with Crippen molar-refractivity contribution in [2.45, 2.75) is 25.4 Å². The smallest absolute Gasteiger partial charge is 0.239 e. The fraction of sp³-hybridized carbons (Fsp3) is 0.462. The number of likely N-dealkylation sites (N-methyl/N-ethyl adjacent to an activating group) is 1. The average molecular weight is 251 g/mol. The Morgan fingerprint density at radius 3 is 2.56 bits per heavy atom. The zero-order valence-corrected chi connectivity index (χ0v) is 10.7. The summed E-state index contributed by atoms with van der Waals surface area (Å²) < 4.78 is 0. The molecule has 0 spiro atoms. The molecule has 18 heavy (non-hydrogen) atoms. The molecule has 0 bridgehead atoms. The number of nitrogens with zero attached hydrogens (tertiary/aromatic N) is 1. The maximum absolute atomic E-state index is 11.9. The summed E-state index contributed by atoms with van der Waals surface area (Å²) in [4.78, 5) is 13.5. The summed E-state index contributed by atoms with van der Waals surface area (Å²) in [7, 11) is 1.72. The molecule has 0 fully saturated rings. The fourth-order valence-electron chi connectivity index (χ4n) is 1.70. The van der Waals surface area contributed by atoms with Crippen LogP contribution in [0.4, 0.5) is 0 Å². The highest BCUT2D eigenvalue weighted by Crippen LogP contribution is 2.11. The van der Waals surface area contributed by atoms with Gasteiger partial charge in [0, 0.05) is 13.6 Å². The van der Waals surface area contributed by atoms with Crippen LogP contribution in [0.5, 0.6) is 5.75 Å². The number of aromatic hydroxyl groups is 1. The van der Waals surface area contributed by atoms with Gasteiger partial charge in [-0.1, -0.05) is 12.1 Å². The lowest BCUT2D eigenvalue weighted by molar-refractivity contribution is -0.132. The highest BCUT2D eigenvalue weighted by Gasteiger charge is 2.17. The van der Waals surface area contributed by atoms with Gasteiger partial charge in [0.2, 0.25) is 5.91 Å². The van der Waals surface area contributed by atoms with Crippen molar-refractivity contribution in [1.82, 2.24) is 4.90 Å². The van der Waals surface area contributed by atoms with E-state index in [1.54, 1.807) is 36.2 Å². The summed E-state index contributed by atoms with van der Waals surface area (Å²) in [6.07, 6.45) is 1.36. The van der Waals surface area contributed by atoms with Crippen LogP contribution in [0.2, 0.25) is 0 Å². The van der Waals surface area contributed by atoms with E-state index >= 15 is 0 Å². The van der Waals surface area contributed by atoms with E-state index in [2.05, 4.69) is 0 Å². The second-order valence-corrected chi connectivity index (χ2v) is 4.40. The Labute approximate surface area is 107 Å². The molecule has 5 heteroatoms. The molecule has 0 aliphatic rings. The molecule has 1 rings (SSSR count). The summed E-state index contributed by atoms with van der Waals surface area (Å²) in [6.45, 7) is 1.03. The molecule has 100 valence electrons. The molecule has 5 N–H and O–H groups in total. The first kappa shape index (κ1) is 14.5. The monoisotopic (exact) mass is 251 g/mol. The van der Waals surface area contributed by atoms with Crippen LogP contribution < -0.4 is 11.5 Å². The summed E-state index contributed by atoms with van der Waals surface area (Å²) in [5, 5.41) is 9.17. The minimum Gasteiger partial charge on any atom is -0.508 e. The standard InChI is InChI=1S/C13H21N3O2/c1-16(13(18)12(15)3-2-8-14)9-10-4-6-11(17)7-5-10/h4-7,12,17H,2-3,8-9,14-15H2,1H3. The number of phenolic OH excluding ortho intramolecular Hbond substituents is 1.